The molecule has 0 aromatic carbocycles. The Labute approximate surface area is 84.7 Å². The number of hydrogen-bond acceptors (Lipinski definition) is 2. The molecule has 0 atom stereocenters. The summed E-state index contributed by atoms with van der Waals surface area (Å²) < 4.78 is 7.03. The Morgan fingerprint density at radius 2 is 2.00 bits per heavy atom. The van der Waals surface area contributed by atoms with E-state index in [-0.39, 0.29) is 18.1 Å². The number of esters is 1. The van der Waals surface area contributed by atoms with Gasteiger partial charge in [0.1, 0.15) is 5.69 Å². The van der Waals surface area contributed by atoms with Gasteiger partial charge in [-0.2, -0.15) is 0 Å². The van der Waals surface area contributed by atoms with Crippen LogP contribution in [-0.2, 0) is 4.74 Å². The first-order valence-electron chi connectivity index (χ1n) is 4.90. The summed E-state index contributed by atoms with van der Waals surface area (Å²) in [5.41, 5.74) is 0.619. The molecule has 0 aliphatic heterocycles. The van der Waals surface area contributed by atoms with Crippen molar-refractivity contribution in [1.29, 1.82) is 0 Å². The second-order valence-electron chi connectivity index (χ2n) is 3.85. The van der Waals surface area contributed by atoms with Crippen LogP contribution in [0.1, 0.15) is 44.2 Å². The zero-order valence-electron chi connectivity index (χ0n) is 9.15. The molecule has 0 fully saturated rings. The Morgan fingerprint density at radius 1 is 1.36 bits per heavy atom. The summed E-state index contributed by atoms with van der Waals surface area (Å²) >= 11 is 0. The molecule has 3 heteroatoms. The fourth-order valence-corrected chi connectivity index (χ4v) is 1.29. The molecule has 0 aliphatic carbocycles. The third kappa shape index (κ3) is 2.37. The normalized spacial score (nSPS) is 11.0. The van der Waals surface area contributed by atoms with Gasteiger partial charge in [-0.1, -0.05) is 0 Å². The molecular weight excluding hydrogens is 178 g/mol. The second-order valence-corrected chi connectivity index (χ2v) is 3.85. The van der Waals surface area contributed by atoms with Crippen molar-refractivity contribution < 1.29 is 9.53 Å². The zero-order chi connectivity index (χ0) is 10.7. The number of nitrogens with zero attached hydrogens (tertiary/aromatic N) is 1. The van der Waals surface area contributed by atoms with Crippen molar-refractivity contribution in [2.24, 2.45) is 0 Å². The Bertz CT molecular complexity index is 313. The quantitative estimate of drug-likeness (QED) is 0.694. The zero-order valence-corrected chi connectivity index (χ0v) is 9.15. The number of carbonyl (C=O) groups is 1. The fraction of sp³-hybridized carbons (Fsp3) is 0.545. The highest BCUT2D eigenvalue weighted by Crippen LogP contribution is 2.12. The maximum Gasteiger partial charge on any atom is 0.355 e. The van der Waals surface area contributed by atoms with Crippen LogP contribution in [0.15, 0.2) is 18.3 Å². The molecule has 1 aromatic rings. The third-order valence-corrected chi connectivity index (χ3v) is 1.89. The van der Waals surface area contributed by atoms with Crippen molar-refractivity contribution in [2.75, 3.05) is 0 Å². The molecule has 0 radical (unpaired) electrons. The smallest absolute Gasteiger partial charge is 0.355 e. The minimum atomic E-state index is -0.251. The maximum absolute atomic E-state index is 11.6. The van der Waals surface area contributed by atoms with E-state index in [2.05, 4.69) is 0 Å². The van der Waals surface area contributed by atoms with Crippen LogP contribution in [0.25, 0.3) is 0 Å². The Kier molecular flexibility index (Phi) is 3.33. The SMILES string of the molecule is CC(C)OC(=O)c1cccn1C(C)C. The molecule has 0 saturated heterocycles. The van der Waals surface area contributed by atoms with Crippen LogP contribution in [0.3, 0.4) is 0 Å². The number of aromatic nitrogens is 1. The van der Waals surface area contributed by atoms with Gasteiger partial charge in [-0.25, -0.2) is 4.79 Å². The molecular formula is C11H17NO2. The van der Waals surface area contributed by atoms with E-state index >= 15 is 0 Å². The molecule has 0 spiro atoms. The minimum absolute atomic E-state index is 0.0713. The Hall–Kier alpha value is -1.25. The predicted octanol–water partition coefficient (Wildman–Crippen LogP) is 2.63. The second kappa shape index (κ2) is 4.31. The molecule has 0 bridgehead atoms. The van der Waals surface area contributed by atoms with Crippen LogP contribution in [-0.4, -0.2) is 16.6 Å². The molecule has 0 aliphatic rings. The van der Waals surface area contributed by atoms with Gasteiger partial charge in [-0.05, 0) is 39.8 Å². The van der Waals surface area contributed by atoms with Gasteiger partial charge in [0.05, 0.1) is 6.10 Å². The molecule has 1 rings (SSSR count). The summed E-state index contributed by atoms with van der Waals surface area (Å²) in [6, 6.07) is 3.92. The topological polar surface area (TPSA) is 31.2 Å². The first kappa shape index (κ1) is 10.8. The highest BCUT2D eigenvalue weighted by molar-refractivity contribution is 5.87. The molecule has 0 N–H and O–H groups in total. The molecule has 0 amide bonds. The molecule has 78 valence electrons. The van der Waals surface area contributed by atoms with E-state index in [1.165, 1.54) is 0 Å². The summed E-state index contributed by atoms with van der Waals surface area (Å²) in [6.45, 7) is 7.76. The summed E-state index contributed by atoms with van der Waals surface area (Å²) in [4.78, 5) is 11.6. The molecule has 1 heterocycles. The third-order valence-electron chi connectivity index (χ3n) is 1.89. The average Bonchev–Trinajstić information content (AvgIpc) is 2.49. The van der Waals surface area contributed by atoms with Crippen LogP contribution in [0.4, 0.5) is 0 Å². The average molecular weight is 195 g/mol. The van der Waals surface area contributed by atoms with Crippen molar-refractivity contribution in [2.45, 2.75) is 39.8 Å². The first-order valence-corrected chi connectivity index (χ1v) is 4.90. The van der Waals surface area contributed by atoms with Gasteiger partial charge in [0.15, 0.2) is 0 Å². The summed E-state index contributed by atoms with van der Waals surface area (Å²) in [5.74, 6) is -0.251. The van der Waals surface area contributed by atoms with Crippen LogP contribution in [0.2, 0.25) is 0 Å². The van der Waals surface area contributed by atoms with Crippen molar-refractivity contribution >= 4 is 5.97 Å². The monoisotopic (exact) mass is 195 g/mol. The van der Waals surface area contributed by atoms with Crippen molar-refractivity contribution in [1.82, 2.24) is 4.57 Å². The number of hydrogen-bond donors (Lipinski definition) is 0. The van der Waals surface area contributed by atoms with Crippen molar-refractivity contribution in [3.63, 3.8) is 0 Å². The van der Waals surface area contributed by atoms with Crippen LogP contribution >= 0.6 is 0 Å². The molecule has 1 aromatic heterocycles. The first-order chi connectivity index (χ1) is 6.52. The van der Waals surface area contributed by atoms with Gasteiger partial charge in [0.2, 0.25) is 0 Å². The van der Waals surface area contributed by atoms with E-state index in [0.717, 1.165) is 0 Å². The Balaban J connectivity index is 2.84. The number of carbonyl (C=O) groups excluding carboxylic acids is 1. The summed E-state index contributed by atoms with van der Waals surface area (Å²) in [5, 5.41) is 0. The maximum atomic E-state index is 11.6. The molecule has 0 unspecified atom stereocenters. The van der Waals surface area contributed by atoms with E-state index in [1.54, 1.807) is 6.07 Å². The highest BCUT2D eigenvalue weighted by Gasteiger charge is 2.14. The molecule has 0 saturated carbocycles. The summed E-state index contributed by atoms with van der Waals surface area (Å²) in [6.07, 6.45) is 1.82. The van der Waals surface area contributed by atoms with Crippen molar-refractivity contribution in [3.05, 3.63) is 24.0 Å². The predicted molar refractivity (Wildman–Crippen MR) is 55.4 cm³/mol. The lowest BCUT2D eigenvalue weighted by molar-refractivity contribution is 0.0363. The van der Waals surface area contributed by atoms with Crippen LogP contribution in [0, 0.1) is 0 Å². The van der Waals surface area contributed by atoms with Crippen molar-refractivity contribution in [3.8, 4) is 0 Å². The lowest BCUT2D eigenvalue weighted by Gasteiger charge is -2.13. The number of rotatable bonds is 3. The highest BCUT2D eigenvalue weighted by atomic mass is 16.5. The largest absolute Gasteiger partial charge is 0.458 e. The van der Waals surface area contributed by atoms with E-state index in [1.807, 2.05) is 44.5 Å². The fourth-order valence-electron chi connectivity index (χ4n) is 1.29. The number of ether oxygens (including phenoxy) is 1. The lowest BCUT2D eigenvalue weighted by Crippen LogP contribution is -2.16. The Morgan fingerprint density at radius 3 is 2.50 bits per heavy atom. The standard InChI is InChI=1S/C11H17NO2/c1-8(2)12-7-5-6-10(12)11(13)14-9(3)4/h5-9H,1-4H3. The minimum Gasteiger partial charge on any atom is -0.458 e. The van der Waals surface area contributed by atoms with E-state index < -0.39 is 0 Å². The molecule has 14 heavy (non-hydrogen) atoms. The summed E-state index contributed by atoms with van der Waals surface area (Å²) in [7, 11) is 0. The van der Waals surface area contributed by atoms with Gasteiger partial charge in [-0.3, -0.25) is 0 Å². The van der Waals surface area contributed by atoms with E-state index in [9.17, 15) is 4.79 Å². The van der Waals surface area contributed by atoms with E-state index in [0.29, 0.717) is 5.69 Å². The van der Waals surface area contributed by atoms with Gasteiger partial charge >= 0.3 is 5.97 Å². The lowest BCUT2D eigenvalue weighted by atomic mass is 10.3. The van der Waals surface area contributed by atoms with E-state index in [4.69, 9.17) is 4.74 Å². The van der Waals surface area contributed by atoms with Gasteiger partial charge in [-0.15, -0.1) is 0 Å². The van der Waals surface area contributed by atoms with Gasteiger partial charge in [0.25, 0.3) is 0 Å². The van der Waals surface area contributed by atoms with Crippen LogP contribution in [0.5, 0.6) is 0 Å². The van der Waals surface area contributed by atoms with Gasteiger partial charge in [0, 0.05) is 12.2 Å². The van der Waals surface area contributed by atoms with Gasteiger partial charge < -0.3 is 9.30 Å². The van der Waals surface area contributed by atoms with Crippen LogP contribution < -0.4 is 0 Å². The molecule has 3 nitrogen and oxygen atoms in total.